The first kappa shape index (κ1) is 12.8. The predicted molar refractivity (Wildman–Crippen MR) is 75.9 cm³/mol. The monoisotopic (exact) mass is 355 g/mol. The van der Waals surface area contributed by atoms with Crippen LogP contribution in [0.3, 0.4) is 0 Å². The summed E-state index contributed by atoms with van der Waals surface area (Å²) >= 11 is 2.15. The van der Waals surface area contributed by atoms with Crippen LogP contribution >= 0.6 is 22.6 Å². The summed E-state index contributed by atoms with van der Waals surface area (Å²) < 4.78 is 6.11. The summed E-state index contributed by atoms with van der Waals surface area (Å²) in [6.07, 6.45) is 2.94. The van der Waals surface area contributed by atoms with Gasteiger partial charge in [-0.1, -0.05) is 6.07 Å². The molecule has 0 aliphatic heterocycles. The van der Waals surface area contributed by atoms with E-state index in [4.69, 9.17) is 9.84 Å². The number of hydrogen-bond acceptors (Lipinski definition) is 3. The van der Waals surface area contributed by atoms with Crippen LogP contribution in [0.5, 0.6) is 5.75 Å². The molecule has 2 aromatic rings. The highest BCUT2D eigenvalue weighted by Gasteiger charge is 2.12. The van der Waals surface area contributed by atoms with Crippen LogP contribution in [0.4, 0.5) is 0 Å². The highest BCUT2D eigenvalue weighted by atomic mass is 127. The molecule has 1 aromatic heterocycles. The summed E-state index contributed by atoms with van der Waals surface area (Å²) in [6, 6.07) is 7.24. The lowest BCUT2D eigenvalue weighted by molar-refractivity contribution is 0.0697. The predicted octanol–water partition coefficient (Wildman–Crippen LogP) is 3.06. The Morgan fingerprint density at radius 1 is 1.39 bits per heavy atom. The standard InChI is InChI=1S/C13H10INO3/c1-18-12-3-2-8(6-11(12)14)9-4-5-15-7-10(9)13(16)17/h2-7H,1H3,(H,16,17). The Bertz CT molecular complexity index is 599. The van der Waals surface area contributed by atoms with Crippen molar-refractivity contribution in [2.24, 2.45) is 0 Å². The number of methoxy groups -OCH3 is 1. The molecule has 0 radical (unpaired) electrons. The van der Waals surface area contributed by atoms with Gasteiger partial charge in [0.2, 0.25) is 0 Å². The molecule has 1 heterocycles. The first-order chi connectivity index (χ1) is 8.63. The lowest BCUT2D eigenvalue weighted by atomic mass is 10.0. The number of benzene rings is 1. The molecule has 92 valence electrons. The molecule has 0 unspecified atom stereocenters. The smallest absolute Gasteiger partial charge is 0.337 e. The number of aromatic nitrogens is 1. The molecule has 0 aliphatic carbocycles. The Balaban J connectivity index is 2.55. The topological polar surface area (TPSA) is 59.4 Å². The number of pyridine rings is 1. The number of hydrogen-bond donors (Lipinski definition) is 1. The first-order valence-corrected chi connectivity index (χ1v) is 6.22. The maximum absolute atomic E-state index is 11.1. The highest BCUT2D eigenvalue weighted by molar-refractivity contribution is 14.1. The van der Waals surface area contributed by atoms with E-state index in [0.717, 1.165) is 14.9 Å². The molecule has 0 atom stereocenters. The fourth-order valence-corrected chi connectivity index (χ4v) is 2.39. The van der Waals surface area contributed by atoms with Crippen molar-refractivity contribution in [3.63, 3.8) is 0 Å². The Morgan fingerprint density at radius 2 is 2.17 bits per heavy atom. The van der Waals surface area contributed by atoms with E-state index in [-0.39, 0.29) is 5.56 Å². The molecule has 0 amide bonds. The molecular formula is C13H10INO3. The molecule has 0 aliphatic rings. The van der Waals surface area contributed by atoms with Gasteiger partial charge in [-0.05, 0) is 51.9 Å². The first-order valence-electron chi connectivity index (χ1n) is 5.14. The van der Waals surface area contributed by atoms with Crippen LogP contribution in [0.1, 0.15) is 10.4 Å². The number of halogens is 1. The molecule has 2 rings (SSSR count). The van der Waals surface area contributed by atoms with E-state index < -0.39 is 5.97 Å². The maximum atomic E-state index is 11.1. The van der Waals surface area contributed by atoms with Gasteiger partial charge < -0.3 is 9.84 Å². The maximum Gasteiger partial charge on any atom is 0.337 e. The molecular weight excluding hydrogens is 345 g/mol. The quantitative estimate of drug-likeness (QED) is 0.860. The van der Waals surface area contributed by atoms with E-state index in [1.54, 1.807) is 19.4 Å². The zero-order valence-corrected chi connectivity index (χ0v) is 11.7. The third kappa shape index (κ3) is 2.45. The van der Waals surface area contributed by atoms with Crippen molar-refractivity contribution in [1.82, 2.24) is 4.98 Å². The largest absolute Gasteiger partial charge is 0.496 e. The minimum Gasteiger partial charge on any atom is -0.496 e. The van der Waals surface area contributed by atoms with E-state index in [1.165, 1.54) is 6.20 Å². The van der Waals surface area contributed by atoms with Crippen molar-refractivity contribution in [3.8, 4) is 16.9 Å². The number of ether oxygens (including phenoxy) is 1. The van der Waals surface area contributed by atoms with Crippen molar-refractivity contribution in [2.75, 3.05) is 7.11 Å². The molecule has 0 saturated heterocycles. The molecule has 1 N–H and O–H groups in total. The molecule has 4 nitrogen and oxygen atoms in total. The molecule has 0 saturated carbocycles. The number of nitrogens with zero attached hydrogens (tertiary/aromatic N) is 1. The van der Waals surface area contributed by atoms with E-state index in [9.17, 15) is 4.79 Å². The van der Waals surface area contributed by atoms with E-state index in [2.05, 4.69) is 27.6 Å². The summed E-state index contributed by atoms with van der Waals surface area (Å²) in [5.41, 5.74) is 1.68. The number of carboxylic acid groups (broad SMARTS) is 1. The summed E-state index contributed by atoms with van der Waals surface area (Å²) in [7, 11) is 1.60. The van der Waals surface area contributed by atoms with Crippen LogP contribution < -0.4 is 4.74 Å². The second-order valence-electron chi connectivity index (χ2n) is 3.58. The van der Waals surface area contributed by atoms with Crippen LogP contribution in [-0.2, 0) is 0 Å². The third-order valence-electron chi connectivity index (χ3n) is 2.51. The molecule has 5 heteroatoms. The molecule has 1 aromatic carbocycles. The lowest BCUT2D eigenvalue weighted by Crippen LogP contribution is -2.00. The Kier molecular flexibility index (Phi) is 3.81. The van der Waals surface area contributed by atoms with Crippen molar-refractivity contribution in [3.05, 3.63) is 45.8 Å². The Morgan fingerprint density at radius 3 is 2.78 bits per heavy atom. The van der Waals surface area contributed by atoms with Gasteiger partial charge in [-0.15, -0.1) is 0 Å². The van der Waals surface area contributed by atoms with Gasteiger partial charge in [0.1, 0.15) is 5.75 Å². The van der Waals surface area contributed by atoms with E-state index in [0.29, 0.717) is 5.56 Å². The average Bonchev–Trinajstić information content (AvgIpc) is 2.38. The van der Waals surface area contributed by atoms with Crippen molar-refractivity contribution in [1.29, 1.82) is 0 Å². The van der Waals surface area contributed by atoms with Gasteiger partial charge in [0.25, 0.3) is 0 Å². The highest BCUT2D eigenvalue weighted by Crippen LogP contribution is 2.29. The zero-order chi connectivity index (χ0) is 13.1. The summed E-state index contributed by atoms with van der Waals surface area (Å²) in [5.74, 6) is -0.214. The normalized spacial score (nSPS) is 10.1. The van der Waals surface area contributed by atoms with Gasteiger partial charge >= 0.3 is 5.97 Å². The number of aromatic carboxylic acids is 1. The zero-order valence-electron chi connectivity index (χ0n) is 9.55. The van der Waals surface area contributed by atoms with Crippen molar-refractivity contribution >= 4 is 28.6 Å². The van der Waals surface area contributed by atoms with Crippen molar-refractivity contribution < 1.29 is 14.6 Å². The van der Waals surface area contributed by atoms with Crippen LogP contribution in [-0.4, -0.2) is 23.2 Å². The lowest BCUT2D eigenvalue weighted by Gasteiger charge is -2.08. The summed E-state index contributed by atoms with van der Waals surface area (Å²) in [6.45, 7) is 0. The molecule has 0 fully saturated rings. The minimum absolute atomic E-state index is 0.193. The van der Waals surface area contributed by atoms with Gasteiger partial charge in [-0.3, -0.25) is 4.98 Å². The van der Waals surface area contributed by atoms with Crippen LogP contribution in [0.2, 0.25) is 0 Å². The number of carbonyl (C=O) groups is 1. The van der Waals surface area contributed by atoms with Gasteiger partial charge in [-0.25, -0.2) is 4.79 Å². The Hall–Kier alpha value is -1.63. The average molecular weight is 355 g/mol. The van der Waals surface area contributed by atoms with Crippen LogP contribution in [0, 0.1) is 3.57 Å². The van der Waals surface area contributed by atoms with Crippen LogP contribution in [0.25, 0.3) is 11.1 Å². The van der Waals surface area contributed by atoms with Gasteiger partial charge in [0.15, 0.2) is 0 Å². The minimum atomic E-state index is -0.982. The fourth-order valence-electron chi connectivity index (χ4n) is 1.65. The number of carboxylic acids is 1. The SMILES string of the molecule is COc1ccc(-c2ccncc2C(=O)O)cc1I. The second-order valence-corrected chi connectivity index (χ2v) is 4.74. The molecule has 18 heavy (non-hydrogen) atoms. The fraction of sp³-hybridized carbons (Fsp3) is 0.0769. The summed E-state index contributed by atoms with van der Waals surface area (Å²) in [4.78, 5) is 15.0. The van der Waals surface area contributed by atoms with Gasteiger partial charge in [-0.2, -0.15) is 0 Å². The van der Waals surface area contributed by atoms with E-state index in [1.807, 2.05) is 18.2 Å². The van der Waals surface area contributed by atoms with E-state index >= 15 is 0 Å². The second kappa shape index (κ2) is 5.34. The summed E-state index contributed by atoms with van der Waals surface area (Å²) in [5, 5.41) is 9.13. The van der Waals surface area contributed by atoms with Gasteiger partial charge in [0.05, 0.1) is 16.2 Å². The number of rotatable bonds is 3. The Labute approximate surface area is 118 Å². The third-order valence-corrected chi connectivity index (χ3v) is 3.36. The van der Waals surface area contributed by atoms with Crippen LogP contribution in [0.15, 0.2) is 36.7 Å². The van der Waals surface area contributed by atoms with Gasteiger partial charge in [0, 0.05) is 12.4 Å². The van der Waals surface area contributed by atoms with Crippen molar-refractivity contribution in [2.45, 2.75) is 0 Å². The molecule has 0 spiro atoms. The molecule has 0 bridgehead atoms.